The van der Waals surface area contributed by atoms with Gasteiger partial charge in [0, 0.05) is 24.2 Å². The number of nitrogens with one attached hydrogen (secondary N) is 4. The minimum Gasteiger partial charge on any atom is -0.376 e. The van der Waals surface area contributed by atoms with Crippen molar-refractivity contribution in [3.63, 3.8) is 0 Å². The first kappa shape index (κ1) is 22.9. The van der Waals surface area contributed by atoms with E-state index in [1.807, 2.05) is 0 Å². The second-order valence-electron chi connectivity index (χ2n) is 8.35. The molecule has 0 spiro atoms. The van der Waals surface area contributed by atoms with Crippen LogP contribution in [0.25, 0.3) is 10.8 Å². The molecule has 2 aliphatic heterocycles. The molecule has 0 bridgehead atoms. The third-order valence-corrected chi connectivity index (χ3v) is 6.24. The molecule has 0 saturated carbocycles. The highest BCUT2D eigenvalue weighted by Gasteiger charge is 2.44. The van der Waals surface area contributed by atoms with Crippen LogP contribution in [-0.2, 0) is 0 Å². The summed E-state index contributed by atoms with van der Waals surface area (Å²) in [5.74, 6) is -3.18. The molecule has 4 N–H and O–H groups in total. The lowest BCUT2D eigenvalue weighted by atomic mass is 9.88. The predicted octanol–water partition coefficient (Wildman–Crippen LogP) is 3.54. The van der Waals surface area contributed by atoms with E-state index in [1.165, 1.54) is 30.3 Å². The van der Waals surface area contributed by atoms with E-state index in [1.54, 1.807) is 4.90 Å². The quantitative estimate of drug-likeness (QED) is 0.249. The zero-order valence-electron chi connectivity index (χ0n) is 17.9. The first-order valence-electron chi connectivity index (χ1n) is 10.5. The van der Waals surface area contributed by atoms with Gasteiger partial charge in [0.05, 0.1) is 29.7 Å². The first-order chi connectivity index (χ1) is 16.5. The van der Waals surface area contributed by atoms with E-state index in [9.17, 15) is 26.7 Å². The van der Waals surface area contributed by atoms with Gasteiger partial charge in [-0.05, 0) is 29.8 Å². The number of anilines is 1. The standard InChI is InChI=1S/C22H18F5N7O/c23-11-3-1-10(2-4-11)17-19(33-5-6-34(15(28)9-33)21(29)22(25,26)27)18-16-13(20(35)32-31-18)7-12(24)8-14(16)30-17/h1-4,7-8,17,19,28-30H,5-6,9H2,(H,32,35). The van der Waals surface area contributed by atoms with Crippen molar-refractivity contribution < 1.29 is 22.0 Å². The number of alkyl halides is 3. The molecule has 3 aromatic rings. The summed E-state index contributed by atoms with van der Waals surface area (Å²) in [6.45, 7) is -0.488. The monoisotopic (exact) mass is 491 g/mol. The molecule has 1 fully saturated rings. The van der Waals surface area contributed by atoms with Crippen molar-refractivity contribution in [2.24, 2.45) is 0 Å². The van der Waals surface area contributed by atoms with Crippen molar-refractivity contribution in [2.45, 2.75) is 18.3 Å². The molecule has 0 amide bonds. The topological polar surface area (TPSA) is 112 Å². The van der Waals surface area contributed by atoms with E-state index in [0.29, 0.717) is 27.2 Å². The van der Waals surface area contributed by atoms with Crippen LogP contribution in [0.2, 0.25) is 0 Å². The third-order valence-electron chi connectivity index (χ3n) is 6.24. The smallest absolute Gasteiger partial charge is 0.376 e. The fourth-order valence-corrected chi connectivity index (χ4v) is 4.70. The van der Waals surface area contributed by atoms with E-state index in [4.69, 9.17) is 10.8 Å². The second-order valence-corrected chi connectivity index (χ2v) is 8.35. The summed E-state index contributed by atoms with van der Waals surface area (Å²) >= 11 is 0. The van der Waals surface area contributed by atoms with E-state index in [-0.39, 0.29) is 25.0 Å². The van der Waals surface area contributed by atoms with Crippen LogP contribution in [0.4, 0.5) is 27.6 Å². The van der Waals surface area contributed by atoms with Crippen LogP contribution < -0.4 is 10.9 Å². The van der Waals surface area contributed by atoms with Crippen molar-refractivity contribution in [3.8, 4) is 0 Å². The van der Waals surface area contributed by atoms with Crippen molar-refractivity contribution >= 4 is 28.1 Å². The third kappa shape index (κ3) is 3.91. The number of halogens is 5. The van der Waals surface area contributed by atoms with Crippen LogP contribution in [0.3, 0.4) is 0 Å². The Morgan fingerprint density at radius 3 is 2.46 bits per heavy atom. The SMILES string of the molecule is N=C1CN(C2c3n[nH]c(=O)c4cc(F)cc(c34)NC2c2ccc(F)cc2)CCN1C(=N)C(F)(F)F. The highest BCUT2D eigenvalue weighted by Crippen LogP contribution is 2.45. The summed E-state index contributed by atoms with van der Waals surface area (Å²) in [5, 5.41) is 25.8. The molecule has 0 aliphatic carbocycles. The number of rotatable bonds is 2. The fraction of sp³-hybridized carbons (Fsp3) is 0.273. The normalized spacial score (nSPS) is 20.7. The van der Waals surface area contributed by atoms with Gasteiger partial charge in [-0.1, -0.05) is 12.1 Å². The van der Waals surface area contributed by atoms with Crippen LogP contribution in [0.15, 0.2) is 41.2 Å². The summed E-state index contributed by atoms with van der Waals surface area (Å²) < 4.78 is 67.1. The van der Waals surface area contributed by atoms with Crippen LogP contribution in [0, 0.1) is 22.5 Å². The molecule has 13 heteroatoms. The van der Waals surface area contributed by atoms with Gasteiger partial charge in [-0.2, -0.15) is 18.3 Å². The van der Waals surface area contributed by atoms with Crippen molar-refractivity contribution in [3.05, 3.63) is 69.6 Å². The molecule has 0 radical (unpaired) electrons. The molecular weight excluding hydrogens is 473 g/mol. The molecule has 182 valence electrons. The molecule has 8 nitrogen and oxygen atoms in total. The Kier molecular flexibility index (Phi) is 5.31. The molecule has 1 aromatic heterocycles. The van der Waals surface area contributed by atoms with Gasteiger partial charge < -0.3 is 10.2 Å². The largest absolute Gasteiger partial charge is 0.449 e. The van der Waals surface area contributed by atoms with E-state index < -0.39 is 47.1 Å². The first-order valence-corrected chi connectivity index (χ1v) is 10.5. The Balaban J connectivity index is 1.61. The highest BCUT2D eigenvalue weighted by molar-refractivity contribution is 6.02. The molecule has 35 heavy (non-hydrogen) atoms. The number of H-pyrrole nitrogens is 1. The minimum atomic E-state index is -4.90. The minimum absolute atomic E-state index is 0.0315. The summed E-state index contributed by atoms with van der Waals surface area (Å²) in [6, 6.07) is 6.45. The maximum absolute atomic E-state index is 14.3. The van der Waals surface area contributed by atoms with Gasteiger partial charge in [0.15, 0.2) is 0 Å². The second kappa shape index (κ2) is 8.12. The number of hydrogen-bond acceptors (Lipinski definition) is 6. The van der Waals surface area contributed by atoms with Gasteiger partial charge in [0.1, 0.15) is 17.5 Å². The van der Waals surface area contributed by atoms with Gasteiger partial charge in [-0.3, -0.25) is 20.5 Å². The number of aromatic amines is 1. The van der Waals surface area contributed by atoms with Crippen LogP contribution in [0.1, 0.15) is 23.3 Å². The number of nitrogens with zero attached hydrogens (tertiary/aromatic N) is 3. The number of benzene rings is 2. The zero-order valence-corrected chi connectivity index (χ0v) is 17.9. The zero-order chi connectivity index (χ0) is 25.1. The lowest BCUT2D eigenvalue weighted by Crippen LogP contribution is -2.57. The summed E-state index contributed by atoms with van der Waals surface area (Å²) in [6.07, 6.45) is -4.90. The van der Waals surface area contributed by atoms with Crippen molar-refractivity contribution in [1.29, 1.82) is 10.8 Å². The lowest BCUT2D eigenvalue weighted by molar-refractivity contribution is -0.0679. The maximum atomic E-state index is 14.3. The molecular formula is C22H18F5N7O. The average molecular weight is 491 g/mol. The molecule has 1 saturated heterocycles. The number of hydrogen-bond donors (Lipinski definition) is 4. The summed E-state index contributed by atoms with van der Waals surface area (Å²) in [7, 11) is 0. The Labute approximate surface area is 194 Å². The fourth-order valence-electron chi connectivity index (χ4n) is 4.70. The summed E-state index contributed by atoms with van der Waals surface area (Å²) in [4.78, 5) is 14.7. The van der Waals surface area contributed by atoms with Crippen molar-refractivity contribution in [2.75, 3.05) is 25.0 Å². The predicted molar refractivity (Wildman–Crippen MR) is 118 cm³/mol. The molecule has 2 aromatic carbocycles. The van der Waals surface area contributed by atoms with Crippen LogP contribution in [-0.4, -0.2) is 57.5 Å². The van der Waals surface area contributed by atoms with Gasteiger partial charge in [0.25, 0.3) is 5.56 Å². The number of amidine groups is 2. The Hall–Kier alpha value is -3.87. The highest BCUT2D eigenvalue weighted by atomic mass is 19.4. The molecule has 2 atom stereocenters. The number of piperazine rings is 1. The van der Waals surface area contributed by atoms with Gasteiger partial charge >= 0.3 is 6.18 Å². The Bertz CT molecular complexity index is 1400. The molecule has 2 unspecified atom stereocenters. The van der Waals surface area contributed by atoms with E-state index in [0.717, 1.165) is 6.07 Å². The van der Waals surface area contributed by atoms with Gasteiger partial charge in [0.2, 0.25) is 5.84 Å². The molecule has 2 aliphatic rings. The van der Waals surface area contributed by atoms with E-state index >= 15 is 0 Å². The van der Waals surface area contributed by atoms with Crippen LogP contribution >= 0.6 is 0 Å². The maximum Gasteiger partial charge on any atom is 0.449 e. The van der Waals surface area contributed by atoms with Crippen molar-refractivity contribution in [1.82, 2.24) is 20.0 Å². The molecule has 3 heterocycles. The van der Waals surface area contributed by atoms with E-state index in [2.05, 4.69) is 15.5 Å². The summed E-state index contributed by atoms with van der Waals surface area (Å²) in [5.41, 5.74) is 0.618. The van der Waals surface area contributed by atoms with Crippen LogP contribution in [0.5, 0.6) is 0 Å². The molecule has 5 rings (SSSR count). The lowest BCUT2D eigenvalue weighted by Gasteiger charge is -2.45. The van der Waals surface area contributed by atoms with Gasteiger partial charge in [-0.15, -0.1) is 0 Å². The van der Waals surface area contributed by atoms with Gasteiger partial charge in [-0.25, -0.2) is 13.9 Å². The average Bonchev–Trinajstić information content (AvgIpc) is 2.80. The Morgan fingerprint density at radius 2 is 1.80 bits per heavy atom. The Morgan fingerprint density at radius 1 is 1.09 bits per heavy atom. The number of aromatic nitrogens is 2.